The lowest BCUT2D eigenvalue weighted by atomic mass is 10.3. The van der Waals surface area contributed by atoms with Gasteiger partial charge in [-0.25, -0.2) is 0 Å². The van der Waals surface area contributed by atoms with Gasteiger partial charge in [0, 0.05) is 18.4 Å². The summed E-state index contributed by atoms with van der Waals surface area (Å²) in [6, 6.07) is 3.48. The maximum Gasteiger partial charge on any atom is 0.267 e. The lowest BCUT2D eigenvalue weighted by Gasteiger charge is -2.06. The molecule has 1 rings (SSSR count). The van der Waals surface area contributed by atoms with Gasteiger partial charge < -0.3 is 16.4 Å². The summed E-state index contributed by atoms with van der Waals surface area (Å²) in [5.41, 5.74) is 6.30. The highest BCUT2D eigenvalue weighted by atomic mass is 16.1. The van der Waals surface area contributed by atoms with Crippen molar-refractivity contribution in [2.75, 3.05) is 25.0 Å². The zero-order chi connectivity index (χ0) is 11.8. The van der Waals surface area contributed by atoms with Crippen LogP contribution in [0.5, 0.6) is 0 Å². The van der Waals surface area contributed by atoms with Gasteiger partial charge in [-0.3, -0.25) is 9.78 Å². The molecule has 0 atom stereocenters. The Morgan fingerprint density at radius 1 is 1.50 bits per heavy atom. The number of aromatic nitrogens is 1. The number of primary amides is 1. The molecule has 0 aromatic carbocycles. The van der Waals surface area contributed by atoms with E-state index in [1.807, 2.05) is 6.07 Å². The molecule has 0 saturated heterocycles. The smallest absolute Gasteiger partial charge is 0.267 e. The van der Waals surface area contributed by atoms with Crippen LogP contribution < -0.4 is 16.4 Å². The minimum Gasteiger partial charge on any atom is -0.385 e. The Morgan fingerprint density at radius 3 is 3.00 bits per heavy atom. The number of nitrogens with two attached hydrogens (primary N) is 1. The maximum absolute atomic E-state index is 10.9. The zero-order valence-electron chi connectivity index (χ0n) is 9.49. The van der Waals surface area contributed by atoms with Crippen LogP contribution in [0.4, 0.5) is 5.69 Å². The SMILES string of the molecule is CCNCCCNc1ccnc(C(N)=O)c1. The topological polar surface area (TPSA) is 80.0 Å². The molecule has 0 radical (unpaired) electrons. The number of nitrogens with one attached hydrogen (secondary N) is 2. The number of hydrogen-bond acceptors (Lipinski definition) is 4. The Bertz CT molecular complexity index is 341. The van der Waals surface area contributed by atoms with Crippen LogP contribution in [0.15, 0.2) is 18.3 Å². The Morgan fingerprint density at radius 2 is 2.31 bits per heavy atom. The molecule has 0 unspecified atom stereocenters. The summed E-state index contributed by atoms with van der Waals surface area (Å²) in [5.74, 6) is -0.503. The number of hydrogen-bond donors (Lipinski definition) is 3. The molecule has 0 aliphatic rings. The van der Waals surface area contributed by atoms with E-state index in [9.17, 15) is 4.79 Å². The van der Waals surface area contributed by atoms with Gasteiger partial charge in [0.25, 0.3) is 5.91 Å². The standard InChI is InChI=1S/C11H18N4O/c1-2-13-5-3-6-14-9-4-7-15-10(8-9)11(12)16/h4,7-8,13H,2-3,5-6H2,1H3,(H2,12,16)(H,14,15). The molecular formula is C11H18N4O. The van der Waals surface area contributed by atoms with E-state index in [0.29, 0.717) is 0 Å². The third-order valence-corrected chi connectivity index (χ3v) is 2.12. The largest absolute Gasteiger partial charge is 0.385 e. The molecule has 16 heavy (non-hydrogen) atoms. The summed E-state index contributed by atoms with van der Waals surface area (Å²) >= 11 is 0. The van der Waals surface area contributed by atoms with Gasteiger partial charge in [0.15, 0.2) is 0 Å². The first kappa shape index (κ1) is 12.4. The molecule has 0 spiro atoms. The summed E-state index contributed by atoms with van der Waals surface area (Å²) in [4.78, 5) is 14.8. The predicted molar refractivity (Wildman–Crippen MR) is 64.4 cm³/mol. The zero-order valence-corrected chi connectivity index (χ0v) is 9.49. The summed E-state index contributed by atoms with van der Waals surface area (Å²) in [6.07, 6.45) is 2.61. The van der Waals surface area contributed by atoms with Gasteiger partial charge in [0.05, 0.1) is 0 Å². The van der Waals surface area contributed by atoms with Gasteiger partial charge in [-0.05, 0) is 31.6 Å². The van der Waals surface area contributed by atoms with Gasteiger partial charge in [0.2, 0.25) is 0 Å². The van der Waals surface area contributed by atoms with Gasteiger partial charge in [-0.15, -0.1) is 0 Å². The fourth-order valence-electron chi connectivity index (χ4n) is 1.30. The molecule has 0 aliphatic carbocycles. The second kappa shape index (κ2) is 6.79. The van der Waals surface area contributed by atoms with Crippen LogP contribution in [0.3, 0.4) is 0 Å². The highest BCUT2D eigenvalue weighted by Gasteiger charge is 2.01. The lowest BCUT2D eigenvalue weighted by molar-refractivity contribution is 0.0995. The Balaban J connectivity index is 2.36. The molecule has 5 nitrogen and oxygen atoms in total. The van der Waals surface area contributed by atoms with Crippen LogP contribution in [-0.4, -0.2) is 30.5 Å². The molecular weight excluding hydrogens is 204 g/mol. The number of carbonyl (C=O) groups is 1. The Labute approximate surface area is 95.4 Å². The van der Waals surface area contributed by atoms with Gasteiger partial charge in [-0.1, -0.05) is 6.92 Å². The first-order valence-electron chi connectivity index (χ1n) is 5.44. The van der Waals surface area contributed by atoms with Crippen molar-refractivity contribution in [1.82, 2.24) is 10.3 Å². The molecule has 5 heteroatoms. The molecule has 0 aliphatic heterocycles. The van der Waals surface area contributed by atoms with E-state index < -0.39 is 5.91 Å². The Kier molecular flexibility index (Phi) is 5.28. The van der Waals surface area contributed by atoms with E-state index in [4.69, 9.17) is 5.73 Å². The molecule has 1 aromatic heterocycles. The molecule has 1 aromatic rings. The van der Waals surface area contributed by atoms with Crippen molar-refractivity contribution in [3.63, 3.8) is 0 Å². The number of carbonyl (C=O) groups excluding carboxylic acids is 1. The quantitative estimate of drug-likeness (QED) is 0.590. The normalized spacial score (nSPS) is 10.1. The monoisotopic (exact) mass is 222 g/mol. The summed E-state index contributed by atoms with van der Waals surface area (Å²) in [5, 5.41) is 6.45. The Hall–Kier alpha value is -1.62. The molecule has 4 N–H and O–H groups in total. The van der Waals surface area contributed by atoms with Crippen LogP contribution in [0.25, 0.3) is 0 Å². The number of anilines is 1. The average molecular weight is 222 g/mol. The van der Waals surface area contributed by atoms with E-state index >= 15 is 0 Å². The summed E-state index contributed by atoms with van der Waals surface area (Å²) in [7, 11) is 0. The first-order valence-corrected chi connectivity index (χ1v) is 5.44. The minimum absolute atomic E-state index is 0.289. The average Bonchev–Trinajstić information content (AvgIpc) is 2.29. The predicted octanol–water partition coefficient (Wildman–Crippen LogP) is 0.592. The van der Waals surface area contributed by atoms with Crippen molar-refractivity contribution < 1.29 is 4.79 Å². The van der Waals surface area contributed by atoms with E-state index in [2.05, 4.69) is 22.5 Å². The van der Waals surface area contributed by atoms with Crippen molar-refractivity contribution in [2.24, 2.45) is 5.73 Å². The molecule has 0 fully saturated rings. The molecule has 88 valence electrons. The highest BCUT2D eigenvalue weighted by Crippen LogP contribution is 2.07. The second-order valence-corrected chi connectivity index (χ2v) is 3.43. The van der Waals surface area contributed by atoms with Crippen molar-refractivity contribution in [3.05, 3.63) is 24.0 Å². The van der Waals surface area contributed by atoms with Crippen LogP contribution >= 0.6 is 0 Å². The van der Waals surface area contributed by atoms with E-state index in [1.54, 1.807) is 12.3 Å². The van der Waals surface area contributed by atoms with Crippen molar-refractivity contribution in [1.29, 1.82) is 0 Å². The number of rotatable bonds is 7. The molecule has 0 bridgehead atoms. The second-order valence-electron chi connectivity index (χ2n) is 3.43. The summed E-state index contributed by atoms with van der Waals surface area (Å²) in [6.45, 7) is 4.91. The highest BCUT2D eigenvalue weighted by molar-refractivity contribution is 5.91. The van der Waals surface area contributed by atoms with Gasteiger partial charge >= 0.3 is 0 Å². The van der Waals surface area contributed by atoms with Crippen molar-refractivity contribution in [3.8, 4) is 0 Å². The fourth-order valence-corrected chi connectivity index (χ4v) is 1.30. The fraction of sp³-hybridized carbons (Fsp3) is 0.455. The number of nitrogens with zero attached hydrogens (tertiary/aromatic N) is 1. The van der Waals surface area contributed by atoms with Gasteiger partial charge in [0.1, 0.15) is 5.69 Å². The maximum atomic E-state index is 10.9. The minimum atomic E-state index is -0.503. The molecule has 1 heterocycles. The number of amides is 1. The number of pyridine rings is 1. The van der Waals surface area contributed by atoms with Crippen LogP contribution in [-0.2, 0) is 0 Å². The summed E-state index contributed by atoms with van der Waals surface area (Å²) < 4.78 is 0. The van der Waals surface area contributed by atoms with Gasteiger partial charge in [-0.2, -0.15) is 0 Å². The first-order chi connectivity index (χ1) is 7.74. The molecule has 1 amide bonds. The third-order valence-electron chi connectivity index (χ3n) is 2.12. The van der Waals surface area contributed by atoms with E-state index in [1.165, 1.54) is 0 Å². The van der Waals surface area contributed by atoms with Crippen molar-refractivity contribution >= 4 is 11.6 Å². The third kappa shape index (κ3) is 4.27. The lowest BCUT2D eigenvalue weighted by Crippen LogP contribution is -2.17. The van der Waals surface area contributed by atoms with E-state index in [-0.39, 0.29) is 5.69 Å². The van der Waals surface area contributed by atoms with E-state index in [0.717, 1.165) is 31.7 Å². The van der Waals surface area contributed by atoms with Crippen molar-refractivity contribution in [2.45, 2.75) is 13.3 Å². The van der Waals surface area contributed by atoms with Crippen LogP contribution in [0, 0.1) is 0 Å². The van der Waals surface area contributed by atoms with Crippen LogP contribution in [0.2, 0.25) is 0 Å². The van der Waals surface area contributed by atoms with Crippen LogP contribution in [0.1, 0.15) is 23.8 Å². The molecule has 0 saturated carbocycles.